The summed E-state index contributed by atoms with van der Waals surface area (Å²) in [4.78, 5) is 2.59. The van der Waals surface area contributed by atoms with E-state index in [1.807, 2.05) is 60.7 Å². The molecule has 0 aliphatic carbocycles. The predicted molar refractivity (Wildman–Crippen MR) is 100.0 cm³/mol. The van der Waals surface area contributed by atoms with E-state index in [1.54, 1.807) is 0 Å². The number of hydrogen-bond donors (Lipinski definition) is 1. The molecule has 0 bridgehead atoms. The first kappa shape index (κ1) is 17.2. The predicted octanol–water partition coefficient (Wildman–Crippen LogP) is 4.58. The van der Waals surface area contributed by atoms with Crippen LogP contribution in [0.2, 0.25) is 0 Å². The minimum absolute atomic E-state index is 0.668. The molecule has 3 rings (SSSR count). The summed E-state index contributed by atoms with van der Waals surface area (Å²) in [6.45, 7) is 5.71. The Morgan fingerprint density at radius 3 is 1.79 bits per heavy atom. The van der Waals surface area contributed by atoms with Crippen LogP contribution in [0.25, 0.3) is 0 Å². The van der Waals surface area contributed by atoms with Crippen LogP contribution < -0.4 is 0 Å². The highest BCUT2D eigenvalue weighted by Gasteiger charge is 2.32. The molecule has 1 aliphatic heterocycles. The van der Waals surface area contributed by atoms with Crippen LogP contribution in [-0.4, -0.2) is 28.6 Å². The molecule has 128 valence electrons. The number of rotatable bonds is 6. The second-order valence-corrected chi connectivity index (χ2v) is 7.21. The molecule has 1 fully saturated rings. The summed E-state index contributed by atoms with van der Waals surface area (Å²) in [7, 11) is 0. The van der Waals surface area contributed by atoms with Crippen molar-refractivity contribution in [1.82, 2.24) is 4.90 Å². The zero-order valence-corrected chi connectivity index (χ0v) is 14.9. The topological polar surface area (TPSA) is 23.5 Å². The van der Waals surface area contributed by atoms with Gasteiger partial charge in [0.15, 0.2) is 0 Å². The van der Waals surface area contributed by atoms with Gasteiger partial charge in [-0.1, -0.05) is 60.7 Å². The maximum atomic E-state index is 11.5. The highest BCUT2D eigenvalue weighted by atomic mass is 16.3. The van der Waals surface area contributed by atoms with Crippen molar-refractivity contribution in [1.29, 1.82) is 0 Å². The molecule has 2 nitrogen and oxygen atoms in total. The number of nitrogens with zero attached hydrogens (tertiary/aromatic N) is 1. The van der Waals surface area contributed by atoms with Crippen LogP contribution in [0.1, 0.15) is 50.7 Å². The SMILES string of the molecule is C[C@@H]1CC[C@H](C)N1CCCC(O)(c1ccccc1)c1ccccc1. The van der Waals surface area contributed by atoms with Crippen LogP contribution in [0.15, 0.2) is 60.7 Å². The highest BCUT2D eigenvalue weighted by molar-refractivity contribution is 5.35. The van der Waals surface area contributed by atoms with Crippen LogP contribution in [0.3, 0.4) is 0 Å². The smallest absolute Gasteiger partial charge is 0.115 e. The van der Waals surface area contributed by atoms with Crippen molar-refractivity contribution in [3.05, 3.63) is 71.8 Å². The van der Waals surface area contributed by atoms with Crippen LogP contribution in [0.4, 0.5) is 0 Å². The zero-order valence-electron chi connectivity index (χ0n) is 14.9. The third-order valence-corrected chi connectivity index (χ3v) is 5.59. The molecule has 0 saturated carbocycles. The molecular formula is C22H29NO. The van der Waals surface area contributed by atoms with Crippen molar-refractivity contribution in [2.45, 2.75) is 57.2 Å². The van der Waals surface area contributed by atoms with E-state index in [2.05, 4.69) is 18.7 Å². The fourth-order valence-corrected chi connectivity index (χ4v) is 4.09. The minimum Gasteiger partial charge on any atom is -0.380 e. The lowest BCUT2D eigenvalue weighted by molar-refractivity contribution is 0.0626. The summed E-state index contributed by atoms with van der Waals surface area (Å²) in [6.07, 6.45) is 4.33. The van der Waals surface area contributed by atoms with Gasteiger partial charge in [-0.15, -0.1) is 0 Å². The lowest BCUT2D eigenvalue weighted by Crippen LogP contribution is -2.35. The molecule has 0 radical (unpaired) electrons. The van der Waals surface area contributed by atoms with Gasteiger partial charge in [-0.05, 0) is 57.2 Å². The summed E-state index contributed by atoms with van der Waals surface area (Å²) in [5, 5.41) is 11.5. The Bertz CT molecular complexity index is 575. The van der Waals surface area contributed by atoms with Gasteiger partial charge in [0.2, 0.25) is 0 Å². The van der Waals surface area contributed by atoms with Crippen LogP contribution in [0.5, 0.6) is 0 Å². The molecule has 1 heterocycles. The van der Waals surface area contributed by atoms with Crippen LogP contribution in [-0.2, 0) is 5.60 Å². The molecule has 0 amide bonds. The van der Waals surface area contributed by atoms with E-state index < -0.39 is 5.60 Å². The van der Waals surface area contributed by atoms with Crippen LogP contribution >= 0.6 is 0 Å². The molecule has 2 atom stereocenters. The van der Waals surface area contributed by atoms with Gasteiger partial charge in [-0.2, -0.15) is 0 Å². The Labute approximate surface area is 146 Å². The van der Waals surface area contributed by atoms with Crippen molar-refractivity contribution >= 4 is 0 Å². The van der Waals surface area contributed by atoms with Gasteiger partial charge in [0.1, 0.15) is 5.60 Å². The van der Waals surface area contributed by atoms with Crippen molar-refractivity contribution < 1.29 is 5.11 Å². The Balaban J connectivity index is 1.76. The standard InChI is InChI=1S/C22H29NO/c1-18-14-15-19(2)23(18)17-9-16-22(24,20-10-5-3-6-11-20)21-12-7-4-8-13-21/h3-8,10-13,18-19,24H,9,14-17H2,1-2H3/t18-,19+. The van der Waals surface area contributed by atoms with E-state index in [0.29, 0.717) is 12.1 Å². The number of benzene rings is 2. The van der Waals surface area contributed by atoms with E-state index in [1.165, 1.54) is 12.8 Å². The molecular weight excluding hydrogens is 294 g/mol. The quantitative estimate of drug-likeness (QED) is 0.841. The van der Waals surface area contributed by atoms with Gasteiger partial charge in [0, 0.05) is 12.1 Å². The first-order valence-electron chi connectivity index (χ1n) is 9.20. The van der Waals surface area contributed by atoms with Crippen molar-refractivity contribution in [2.24, 2.45) is 0 Å². The van der Waals surface area contributed by atoms with Crippen molar-refractivity contribution in [3.8, 4) is 0 Å². The molecule has 1 aliphatic rings. The van der Waals surface area contributed by atoms with E-state index in [-0.39, 0.29) is 0 Å². The molecule has 24 heavy (non-hydrogen) atoms. The number of likely N-dealkylation sites (tertiary alicyclic amines) is 1. The number of aliphatic hydroxyl groups is 1. The normalized spacial score (nSPS) is 22.0. The lowest BCUT2D eigenvalue weighted by atomic mass is 9.82. The van der Waals surface area contributed by atoms with Gasteiger partial charge in [-0.3, -0.25) is 4.90 Å². The maximum absolute atomic E-state index is 11.5. The Kier molecular flexibility index (Phi) is 5.37. The molecule has 1 N–H and O–H groups in total. The maximum Gasteiger partial charge on any atom is 0.115 e. The molecule has 2 heteroatoms. The van der Waals surface area contributed by atoms with Crippen molar-refractivity contribution in [2.75, 3.05) is 6.54 Å². The minimum atomic E-state index is -0.908. The Morgan fingerprint density at radius 2 is 1.33 bits per heavy atom. The fraction of sp³-hybridized carbons (Fsp3) is 0.455. The lowest BCUT2D eigenvalue weighted by Gasteiger charge is -2.32. The monoisotopic (exact) mass is 323 g/mol. The van der Waals surface area contributed by atoms with Gasteiger partial charge in [-0.25, -0.2) is 0 Å². The molecule has 0 aromatic heterocycles. The van der Waals surface area contributed by atoms with Crippen LogP contribution in [0, 0.1) is 0 Å². The average molecular weight is 323 g/mol. The van der Waals surface area contributed by atoms with E-state index >= 15 is 0 Å². The summed E-state index contributed by atoms with van der Waals surface area (Å²) >= 11 is 0. The van der Waals surface area contributed by atoms with Gasteiger partial charge < -0.3 is 5.11 Å². The largest absolute Gasteiger partial charge is 0.380 e. The highest BCUT2D eigenvalue weighted by Crippen LogP contribution is 2.34. The summed E-state index contributed by atoms with van der Waals surface area (Å²) in [5.41, 5.74) is 1.06. The van der Waals surface area contributed by atoms with Gasteiger partial charge >= 0.3 is 0 Å². The van der Waals surface area contributed by atoms with E-state index in [9.17, 15) is 5.11 Å². The summed E-state index contributed by atoms with van der Waals surface area (Å²) < 4.78 is 0. The van der Waals surface area contributed by atoms with E-state index in [0.717, 1.165) is 30.5 Å². The summed E-state index contributed by atoms with van der Waals surface area (Å²) in [6, 6.07) is 21.5. The third kappa shape index (κ3) is 3.55. The summed E-state index contributed by atoms with van der Waals surface area (Å²) in [5.74, 6) is 0. The Morgan fingerprint density at radius 1 is 0.875 bits per heavy atom. The number of hydrogen-bond acceptors (Lipinski definition) is 2. The molecule has 2 aromatic carbocycles. The molecule has 1 saturated heterocycles. The fourth-order valence-electron chi connectivity index (χ4n) is 4.09. The second kappa shape index (κ2) is 7.50. The molecule has 0 unspecified atom stereocenters. The molecule has 0 spiro atoms. The average Bonchev–Trinajstić information content (AvgIpc) is 2.95. The Hall–Kier alpha value is -1.64. The van der Waals surface area contributed by atoms with E-state index in [4.69, 9.17) is 0 Å². The third-order valence-electron chi connectivity index (χ3n) is 5.59. The molecule has 2 aromatic rings. The van der Waals surface area contributed by atoms with Gasteiger partial charge in [0.25, 0.3) is 0 Å². The second-order valence-electron chi connectivity index (χ2n) is 7.21. The van der Waals surface area contributed by atoms with Gasteiger partial charge in [0.05, 0.1) is 0 Å². The first-order chi connectivity index (χ1) is 11.6. The zero-order chi connectivity index (χ0) is 17.0. The first-order valence-corrected chi connectivity index (χ1v) is 9.20. The van der Waals surface area contributed by atoms with Crippen molar-refractivity contribution in [3.63, 3.8) is 0 Å².